The number of morpholine rings is 1. The minimum Gasteiger partial charge on any atom is -0.373 e. The summed E-state index contributed by atoms with van der Waals surface area (Å²) >= 11 is 0. The average molecular weight is 278 g/mol. The van der Waals surface area contributed by atoms with Crippen LogP contribution in [0, 0.1) is 10.1 Å². The molecule has 1 heterocycles. The van der Waals surface area contributed by atoms with Crippen molar-refractivity contribution in [3.05, 3.63) is 39.9 Å². The number of carbonyl (C=O) groups is 1. The molecule has 20 heavy (non-hydrogen) atoms. The molecule has 1 saturated heterocycles. The number of nitro benzene ring substituents is 1. The van der Waals surface area contributed by atoms with Crippen LogP contribution in [-0.4, -0.2) is 47.4 Å². The summed E-state index contributed by atoms with van der Waals surface area (Å²) in [6, 6.07) is 5.73. The van der Waals surface area contributed by atoms with Crippen molar-refractivity contribution in [1.82, 2.24) is 4.90 Å². The number of non-ortho nitro benzene ring substituents is 1. The van der Waals surface area contributed by atoms with Crippen LogP contribution in [0.25, 0.3) is 0 Å². The number of hydrogen-bond acceptors (Lipinski definition) is 5. The van der Waals surface area contributed by atoms with Crippen molar-refractivity contribution in [3.8, 4) is 0 Å². The zero-order valence-corrected chi connectivity index (χ0v) is 11.6. The van der Waals surface area contributed by atoms with Gasteiger partial charge in [-0.25, -0.2) is 0 Å². The number of hydrogen-bond donors (Lipinski definition) is 0. The molecule has 1 fully saturated rings. The Hall–Kier alpha value is -1.79. The minimum absolute atomic E-state index is 0.00448. The molecular formula is C14H18N2O4. The van der Waals surface area contributed by atoms with Gasteiger partial charge in [0.25, 0.3) is 5.69 Å². The number of benzene rings is 1. The van der Waals surface area contributed by atoms with Crippen LogP contribution in [0.1, 0.15) is 24.2 Å². The lowest BCUT2D eigenvalue weighted by atomic mass is 10.1. The molecule has 0 N–H and O–H groups in total. The average Bonchev–Trinajstić information content (AvgIpc) is 2.37. The number of Topliss-reactive ketones (excluding diaryl/α,β-unsaturated/α-hetero) is 1. The molecule has 1 aromatic rings. The first kappa shape index (κ1) is 14.6. The molecule has 6 heteroatoms. The van der Waals surface area contributed by atoms with Crippen molar-refractivity contribution in [3.63, 3.8) is 0 Å². The van der Waals surface area contributed by atoms with Crippen LogP contribution >= 0.6 is 0 Å². The molecule has 0 aromatic heterocycles. The summed E-state index contributed by atoms with van der Waals surface area (Å²) in [6.07, 6.45) is 0.229. The number of carbonyl (C=O) groups excluding carboxylic acids is 1. The molecule has 1 aliphatic rings. The second kappa shape index (κ2) is 6.11. The largest absolute Gasteiger partial charge is 0.373 e. The van der Waals surface area contributed by atoms with Crippen LogP contribution in [0.4, 0.5) is 5.69 Å². The smallest absolute Gasteiger partial charge is 0.269 e. The van der Waals surface area contributed by atoms with Gasteiger partial charge in [0.15, 0.2) is 5.78 Å². The van der Waals surface area contributed by atoms with Gasteiger partial charge in [0.2, 0.25) is 0 Å². The Morgan fingerprint density at radius 3 is 2.35 bits per heavy atom. The number of ketones is 1. The predicted molar refractivity (Wildman–Crippen MR) is 73.9 cm³/mol. The molecule has 0 spiro atoms. The highest BCUT2D eigenvalue weighted by atomic mass is 16.6. The predicted octanol–water partition coefficient (Wildman–Crippen LogP) is 1.89. The molecule has 0 radical (unpaired) electrons. The molecule has 1 aromatic carbocycles. The lowest BCUT2D eigenvalue weighted by Gasteiger charge is -2.34. The van der Waals surface area contributed by atoms with Gasteiger partial charge in [-0.05, 0) is 26.0 Å². The molecule has 2 atom stereocenters. The third-order valence-electron chi connectivity index (χ3n) is 3.26. The normalized spacial score (nSPS) is 23.5. The molecule has 0 saturated carbocycles. The Bertz CT molecular complexity index is 490. The summed E-state index contributed by atoms with van der Waals surface area (Å²) in [5.74, 6) is -0.0267. The van der Waals surface area contributed by atoms with Gasteiger partial charge >= 0.3 is 0 Å². The molecule has 0 unspecified atom stereocenters. The molecule has 108 valence electrons. The van der Waals surface area contributed by atoms with Gasteiger partial charge in [-0.2, -0.15) is 0 Å². The van der Waals surface area contributed by atoms with E-state index in [-0.39, 0.29) is 23.7 Å². The second-order valence-electron chi connectivity index (χ2n) is 5.18. The topological polar surface area (TPSA) is 72.7 Å². The highest BCUT2D eigenvalue weighted by Crippen LogP contribution is 2.14. The third-order valence-corrected chi connectivity index (χ3v) is 3.26. The zero-order chi connectivity index (χ0) is 14.7. The standard InChI is InChI=1S/C14H18N2O4/c1-10-7-15(8-11(2)20-10)9-14(17)12-3-5-13(6-4-12)16(18)19/h3-6,10-11H,7-9H2,1-2H3/t10-,11+. The fourth-order valence-electron chi connectivity index (χ4n) is 2.48. The van der Waals surface area contributed by atoms with Gasteiger partial charge < -0.3 is 4.74 Å². The van der Waals surface area contributed by atoms with E-state index >= 15 is 0 Å². The Morgan fingerprint density at radius 1 is 1.30 bits per heavy atom. The molecule has 2 rings (SSSR count). The van der Waals surface area contributed by atoms with Gasteiger partial charge in [0.05, 0.1) is 23.7 Å². The maximum Gasteiger partial charge on any atom is 0.269 e. The van der Waals surface area contributed by atoms with E-state index in [0.717, 1.165) is 13.1 Å². The minimum atomic E-state index is -0.473. The van der Waals surface area contributed by atoms with Crippen molar-refractivity contribution in [2.75, 3.05) is 19.6 Å². The van der Waals surface area contributed by atoms with E-state index in [1.807, 2.05) is 13.8 Å². The maximum absolute atomic E-state index is 12.2. The van der Waals surface area contributed by atoms with E-state index in [9.17, 15) is 14.9 Å². The quantitative estimate of drug-likeness (QED) is 0.477. The second-order valence-corrected chi connectivity index (χ2v) is 5.18. The van der Waals surface area contributed by atoms with Gasteiger partial charge in [0, 0.05) is 30.8 Å². The molecular weight excluding hydrogens is 260 g/mol. The number of ether oxygens (including phenoxy) is 1. The fourth-order valence-corrected chi connectivity index (χ4v) is 2.48. The van der Waals surface area contributed by atoms with Crippen molar-refractivity contribution < 1.29 is 14.5 Å². The summed E-state index contributed by atoms with van der Waals surface area (Å²) in [4.78, 5) is 24.3. The van der Waals surface area contributed by atoms with Crippen molar-refractivity contribution in [2.45, 2.75) is 26.1 Å². The van der Waals surface area contributed by atoms with Crippen LogP contribution < -0.4 is 0 Å². The van der Waals surface area contributed by atoms with Crippen LogP contribution in [0.3, 0.4) is 0 Å². The Labute approximate surface area is 117 Å². The Morgan fingerprint density at radius 2 is 1.85 bits per heavy atom. The molecule has 1 aliphatic heterocycles. The van der Waals surface area contributed by atoms with Crippen LogP contribution in [0.5, 0.6) is 0 Å². The molecule has 6 nitrogen and oxygen atoms in total. The number of rotatable bonds is 4. The van der Waals surface area contributed by atoms with Gasteiger partial charge in [-0.15, -0.1) is 0 Å². The van der Waals surface area contributed by atoms with Gasteiger partial charge in [0.1, 0.15) is 0 Å². The van der Waals surface area contributed by atoms with Crippen LogP contribution in [0.15, 0.2) is 24.3 Å². The van der Waals surface area contributed by atoms with Gasteiger partial charge in [-0.3, -0.25) is 19.8 Å². The zero-order valence-electron chi connectivity index (χ0n) is 11.6. The first-order valence-electron chi connectivity index (χ1n) is 6.61. The van der Waals surface area contributed by atoms with Crippen molar-refractivity contribution in [2.24, 2.45) is 0 Å². The Kier molecular flexibility index (Phi) is 4.46. The maximum atomic E-state index is 12.2. The van der Waals surface area contributed by atoms with E-state index in [1.165, 1.54) is 24.3 Å². The molecule has 0 aliphatic carbocycles. The summed E-state index contributed by atoms with van der Waals surface area (Å²) in [6.45, 7) is 5.74. The molecule has 0 bridgehead atoms. The summed E-state index contributed by atoms with van der Waals surface area (Å²) < 4.78 is 5.62. The highest BCUT2D eigenvalue weighted by Gasteiger charge is 2.24. The van der Waals surface area contributed by atoms with Gasteiger partial charge in [-0.1, -0.05) is 0 Å². The van der Waals surface area contributed by atoms with E-state index in [1.54, 1.807) is 0 Å². The monoisotopic (exact) mass is 278 g/mol. The van der Waals surface area contributed by atoms with Crippen molar-refractivity contribution in [1.29, 1.82) is 0 Å². The number of nitrogens with zero attached hydrogens (tertiary/aromatic N) is 2. The summed E-state index contributed by atoms with van der Waals surface area (Å²) in [5.41, 5.74) is 0.498. The first-order chi connectivity index (χ1) is 9.45. The SMILES string of the molecule is C[C@@H]1CN(CC(=O)c2ccc([N+](=O)[O-])cc2)C[C@H](C)O1. The lowest BCUT2D eigenvalue weighted by Crippen LogP contribution is -2.47. The highest BCUT2D eigenvalue weighted by molar-refractivity contribution is 5.97. The van der Waals surface area contributed by atoms with Crippen molar-refractivity contribution >= 4 is 11.5 Å². The lowest BCUT2D eigenvalue weighted by molar-refractivity contribution is -0.384. The summed E-state index contributed by atoms with van der Waals surface area (Å²) in [7, 11) is 0. The van der Waals surface area contributed by atoms with E-state index in [0.29, 0.717) is 12.1 Å². The van der Waals surface area contributed by atoms with Crippen LogP contribution in [-0.2, 0) is 4.74 Å². The van der Waals surface area contributed by atoms with E-state index < -0.39 is 4.92 Å². The third kappa shape index (κ3) is 3.61. The van der Waals surface area contributed by atoms with E-state index in [2.05, 4.69) is 4.90 Å². The van der Waals surface area contributed by atoms with E-state index in [4.69, 9.17) is 4.74 Å². The van der Waals surface area contributed by atoms with Crippen LogP contribution in [0.2, 0.25) is 0 Å². The Balaban J connectivity index is 1.99. The summed E-state index contributed by atoms with van der Waals surface area (Å²) in [5, 5.41) is 10.6. The first-order valence-corrected chi connectivity index (χ1v) is 6.61. The molecule has 0 amide bonds. The number of nitro groups is 1. The fraction of sp³-hybridized carbons (Fsp3) is 0.500.